The van der Waals surface area contributed by atoms with E-state index in [1.54, 1.807) is 6.20 Å². The maximum Gasteiger partial charge on any atom is 0.245 e. The topological polar surface area (TPSA) is 50.2 Å². The Morgan fingerprint density at radius 2 is 2.24 bits per heavy atom. The van der Waals surface area contributed by atoms with E-state index in [1.165, 1.54) is 0 Å². The highest BCUT2D eigenvalue weighted by Crippen LogP contribution is 2.13. The number of amides is 1. The zero-order valence-electron chi connectivity index (χ0n) is 10.5. The highest BCUT2D eigenvalue weighted by atomic mass is 16.2. The number of nitrogens with zero attached hydrogens (tertiary/aromatic N) is 3. The van der Waals surface area contributed by atoms with E-state index in [-0.39, 0.29) is 11.9 Å². The van der Waals surface area contributed by atoms with Crippen LogP contribution in [0.2, 0.25) is 0 Å². The SMILES string of the molecule is CCc1nccn1C(C)C(=O)N1CCNCC1. The first-order valence-corrected chi connectivity index (χ1v) is 6.25. The lowest BCUT2D eigenvalue weighted by Gasteiger charge is -2.30. The van der Waals surface area contributed by atoms with Crippen LogP contribution in [0, 0.1) is 0 Å². The van der Waals surface area contributed by atoms with E-state index in [4.69, 9.17) is 0 Å². The number of carbonyl (C=O) groups is 1. The van der Waals surface area contributed by atoms with Gasteiger partial charge in [0.05, 0.1) is 0 Å². The highest BCUT2D eigenvalue weighted by molar-refractivity contribution is 5.80. The summed E-state index contributed by atoms with van der Waals surface area (Å²) >= 11 is 0. The largest absolute Gasteiger partial charge is 0.338 e. The molecule has 1 N–H and O–H groups in total. The van der Waals surface area contributed by atoms with Gasteiger partial charge in [0, 0.05) is 45.0 Å². The second-order valence-corrected chi connectivity index (χ2v) is 4.36. The fraction of sp³-hybridized carbons (Fsp3) is 0.667. The predicted molar refractivity (Wildman–Crippen MR) is 65.8 cm³/mol. The third kappa shape index (κ3) is 2.49. The summed E-state index contributed by atoms with van der Waals surface area (Å²) in [5.41, 5.74) is 0. The van der Waals surface area contributed by atoms with Crippen LogP contribution in [-0.2, 0) is 11.2 Å². The predicted octanol–water partition coefficient (Wildman–Crippen LogP) is 0.438. The Kier molecular flexibility index (Phi) is 3.78. The maximum atomic E-state index is 12.3. The number of carbonyl (C=O) groups excluding carboxylic acids is 1. The number of piperazine rings is 1. The lowest BCUT2D eigenvalue weighted by molar-refractivity contribution is -0.134. The van der Waals surface area contributed by atoms with Gasteiger partial charge in [-0.05, 0) is 6.92 Å². The molecule has 0 bridgehead atoms. The lowest BCUT2D eigenvalue weighted by atomic mass is 10.2. The molecular weight excluding hydrogens is 216 g/mol. The normalized spacial score (nSPS) is 18.1. The molecule has 1 aliphatic heterocycles. The van der Waals surface area contributed by atoms with Crippen molar-refractivity contribution in [1.82, 2.24) is 19.8 Å². The molecule has 94 valence electrons. The number of rotatable bonds is 3. The Morgan fingerprint density at radius 3 is 2.88 bits per heavy atom. The molecule has 0 spiro atoms. The molecule has 1 saturated heterocycles. The van der Waals surface area contributed by atoms with E-state index in [0.29, 0.717) is 0 Å². The Morgan fingerprint density at radius 1 is 1.53 bits per heavy atom. The van der Waals surface area contributed by atoms with Crippen LogP contribution in [0.4, 0.5) is 0 Å². The first-order chi connectivity index (χ1) is 8.24. The van der Waals surface area contributed by atoms with Crippen LogP contribution in [-0.4, -0.2) is 46.5 Å². The summed E-state index contributed by atoms with van der Waals surface area (Å²) in [5.74, 6) is 1.17. The van der Waals surface area contributed by atoms with Crippen LogP contribution in [0.15, 0.2) is 12.4 Å². The number of aromatic nitrogens is 2. The number of imidazole rings is 1. The smallest absolute Gasteiger partial charge is 0.245 e. The average Bonchev–Trinajstić information content (AvgIpc) is 2.86. The van der Waals surface area contributed by atoms with Crippen LogP contribution in [0.5, 0.6) is 0 Å². The Hall–Kier alpha value is -1.36. The van der Waals surface area contributed by atoms with Gasteiger partial charge in [-0.15, -0.1) is 0 Å². The molecule has 1 atom stereocenters. The minimum atomic E-state index is -0.148. The molecular formula is C12H20N4O. The van der Waals surface area contributed by atoms with Gasteiger partial charge in [-0.25, -0.2) is 4.98 Å². The van der Waals surface area contributed by atoms with E-state index in [0.717, 1.165) is 38.4 Å². The van der Waals surface area contributed by atoms with Crippen molar-refractivity contribution in [2.75, 3.05) is 26.2 Å². The Bertz CT molecular complexity index is 382. The molecule has 1 unspecified atom stereocenters. The van der Waals surface area contributed by atoms with Crippen molar-refractivity contribution in [3.05, 3.63) is 18.2 Å². The molecule has 1 amide bonds. The fourth-order valence-corrected chi connectivity index (χ4v) is 2.24. The van der Waals surface area contributed by atoms with Gasteiger partial charge in [0.1, 0.15) is 11.9 Å². The van der Waals surface area contributed by atoms with Crippen molar-refractivity contribution in [3.63, 3.8) is 0 Å². The molecule has 17 heavy (non-hydrogen) atoms. The van der Waals surface area contributed by atoms with Crippen molar-refractivity contribution in [2.24, 2.45) is 0 Å². The van der Waals surface area contributed by atoms with E-state index in [2.05, 4.69) is 17.2 Å². The van der Waals surface area contributed by atoms with Crippen LogP contribution in [0.3, 0.4) is 0 Å². The summed E-state index contributed by atoms with van der Waals surface area (Å²) in [4.78, 5) is 18.5. The van der Waals surface area contributed by atoms with E-state index < -0.39 is 0 Å². The monoisotopic (exact) mass is 236 g/mol. The molecule has 5 nitrogen and oxygen atoms in total. The molecule has 0 aromatic carbocycles. The van der Waals surface area contributed by atoms with Crippen LogP contribution >= 0.6 is 0 Å². The maximum absolute atomic E-state index is 12.3. The molecule has 1 aliphatic rings. The average molecular weight is 236 g/mol. The minimum absolute atomic E-state index is 0.148. The molecule has 1 fully saturated rings. The number of nitrogens with one attached hydrogen (secondary N) is 1. The summed E-state index contributed by atoms with van der Waals surface area (Å²) < 4.78 is 1.98. The molecule has 0 saturated carbocycles. The van der Waals surface area contributed by atoms with Crippen molar-refractivity contribution in [1.29, 1.82) is 0 Å². The molecule has 5 heteroatoms. The quantitative estimate of drug-likeness (QED) is 0.828. The molecule has 0 aliphatic carbocycles. The van der Waals surface area contributed by atoms with Gasteiger partial charge < -0.3 is 14.8 Å². The zero-order valence-corrected chi connectivity index (χ0v) is 10.5. The van der Waals surface area contributed by atoms with E-state index >= 15 is 0 Å². The van der Waals surface area contributed by atoms with Crippen molar-refractivity contribution < 1.29 is 4.79 Å². The second kappa shape index (κ2) is 5.31. The Labute approximate surface area is 102 Å². The number of hydrogen-bond acceptors (Lipinski definition) is 3. The third-order valence-electron chi connectivity index (χ3n) is 3.27. The van der Waals surface area contributed by atoms with Gasteiger partial charge in [-0.3, -0.25) is 4.79 Å². The summed E-state index contributed by atoms with van der Waals surface area (Å²) in [5, 5.41) is 3.25. The summed E-state index contributed by atoms with van der Waals surface area (Å²) in [6.07, 6.45) is 4.51. The zero-order chi connectivity index (χ0) is 12.3. The summed E-state index contributed by atoms with van der Waals surface area (Å²) in [7, 11) is 0. The minimum Gasteiger partial charge on any atom is -0.338 e. The summed E-state index contributed by atoms with van der Waals surface area (Å²) in [6, 6.07) is -0.148. The van der Waals surface area contributed by atoms with E-state index in [1.807, 2.05) is 22.6 Å². The van der Waals surface area contributed by atoms with E-state index in [9.17, 15) is 4.79 Å². The highest BCUT2D eigenvalue weighted by Gasteiger charge is 2.23. The number of hydrogen-bond donors (Lipinski definition) is 1. The van der Waals surface area contributed by atoms with Crippen molar-refractivity contribution >= 4 is 5.91 Å². The molecule has 2 heterocycles. The van der Waals surface area contributed by atoms with Crippen molar-refractivity contribution in [3.8, 4) is 0 Å². The number of aryl methyl sites for hydroxylation is 1. The van der Waals surface area contributed by atoms with Gasteiger partial charge in [-0.2, -0.15) is 0 Å². The first-order valence-electron chi connectivity index (χ1n) is 6.25. The van der Waals surface area contributed by atoms with Gasteiger partial charge in [-0.1, -0.05) is 6.92 Å². The Balaban J connectivity index is 2.08. The van der Waals surface area contributed by atoms with Crippen LogP contribution in [0.25, 0.3) is 0 Å². The van der Waals surface area contributed by atoms with Gasteiger partial charge in [0.2, 0.25) is 5.91 Å². The molecule has 2 rings (SSSR count). The van der Waals surface area contributed by atoms with Gasteiger partial charge in [0.25, 0.3) is 0 Å². The standard InChI is InChI=1S/C12H20N4O/c1-3-11-14-6-9-16(11)10(2)12(17)15-7-4-13-5-8-15/h6,9-10,13H,3-5,7-8H2,1-2H3. The molecule has 1 aromatic heterocycles. The van der Waals surface area contributed by atoms with Gasteiger partial charge in [0.15, 0.2) is 0 Å². The van der Waals surface area contributed by atoms with Crippen LogP contribution in [0.1, 0.15) is 25.7 Å². The fourth-order valence-electron chi connectivity index (χ4n) is 2.24. The summed E-state index contributed by atoms with van der Waals surface area (Å²) in [6.45, 7) is 7.40. The third-order valence-corrected chi connectivity index (χ3v) is 3.27. The molecule has 1 aromatic rings. The van der Waals surface area contributed by atoms with Gasteiger partial charge >= 0.3 is 0 Å². The second-order valence-electron chi connectivity index (χ2n) is 4.36. The van der Waals surface area contributed by atoms with Crippen molar-refractivity contribution in [2.45, 2.75) is 26.3 Å². The first kappa shape index (κ1) is 12.1. The lowest BCUT2D eigenvalue weighted by Crippen LogP contribution is -2.48. The van der Waals surface area contributed by atoms with Crippen LogP contribution < -0.4 is 5.32 Å². The molecule has 0 radical (unpaired) electrons.